The van der Waals surface area contributed by atoms with Gasteiger partial charge in [-0.15, -0.1) is 0 Å². The zero-order valence-corrected chi connectivity index (χ0v) is 18.1. The number of benzene rings is 3. The molecule has 1 amide bonds. The van der Waals surface area contributed by atoms with Crippen molar-refractivity contribution in [1.82, 2.24) is 5.43 Å². The summed E-state index contributed by atoms with van der Waals surface area (Å²) in [5.74, 6) is -0.210. The van der Waals surface area contributed by atoms with Gasteiger partial charge in [0.25, 0.3) is 5.91 Å². The van der Waals surface area contributed by atoms with Gasteiger partial charge in [0.15, 0.2) is 0 Å². The maximum absolute atomic E-state index is 12.4. The van der Waals surface area contributed by atoms with E-state index in [4.69, 9.17) is 0 Å². The summed E-state index contributed by atoms with van der Waals surface area (Å²) in [5.41, 5.74) is 7.73. The smallest absolute Gasteiger partial charge is 0.271 e. The molecule has 0 fully saturated rings. The molecule has 1 heterocycles. The molecule has 6 heteroatoms. The highest BCUT2D eigenvalue weighted by Crippen LogP contribution is 2.29. The second kappa shape index (κ2) is 8.29. The van der Waals surface area contributed by atoms with Gasteiger partial charge in [-0.2, -0.15) is 5.10 Å². The Bertz CT molecular complexity index is 1030. The first-order valence-electron chi connectivity index (χ1n) is 8.80. The van der Waals surface area contributed by atoms with Crippen molar-refractivity contribution in [2.45, 2.75) is 13.1 Å². The van der Waals surface area contributed by atoms with Gasteiger partial charge >= 0.3 is 0 Å². The first-order valence-corrected chi connectivity index (χ1v) is 10.4. The second-order valence-electron chi connectivity index (χ2n) is 6.57. The summed E-state index contributed by atoms with van der Waals surface area (Å²) in [6.07, 6.45) is 1.63. The van der Waals surface area contributed by atoms with Gasteiger partial charge in [-0.1, -0.05) is 50.1 Å². The number of carbonyl (C=O) groups excluding carboxylic acids is 1. The zero-order valence-electron chi connectivity index (χ0n) is 14.9. The molecule has 140 valence electrons. The third-order valence-corrected chi connectivity index (χ3v) is 5.69. The highest BCUT2D eigenvalue weighted by Gasteiger charge is 2.20. The number of hydrogen-bond donors (Lipinski definition) is 1. The van der Waals surface area contributed by atoms with Gasteiger partial charge in [-0.25, -0.2) is 5.43 Å². The molecule has 0 unspecified atom stereocenters. The van der Waals surface area contributed by atoms with Crippen molar-refractivity contribution in [1.29, 1.82) is 0 Å². The predicted octanol–water partition coefficient (Wildman–Crippen LogP) is 5.50. The van der Waals surface area contributed by atoms with Crippen molar-refractivity contribution >= 4 is 49.7 Å². The molecule has 1 aliphatic heterocycles. The van der Waals surface area contributed by atoms with Gasteiger partial charge in [0.1, 0.15) is 0 Å². The lowest BCUT2D eigenvalue weighted by molar-refractivity contribution is 0.0955. The molecule has 1 N–H and O–H groups in total. The molecule has 0 aliphatic carbocycles. The third-order valence-electron chi connectivity index (χ3n) is 4.63. The third kappa shape index (κ3) is 4.34. The lowest BCUT2D eigenvalue weighted by Gasteiger charge is -2.17. The van der Waals surface area contributed by atoms with Crippen molar-refractivity contribution in [3.63, 3.8) is 0 Å². The van der Waals surface area contributed by atoms with E-state index in [9.17, 15) is 4.79 Å². The van der Waals surface area contributed by atoms with E-state index < -0.39 is 0 Å². The molecule has 1 aliphatic rings. The van der Waals surface area contributed by atoms with E-state index in [1.54, 1.807) is 6.21 Å². The highest BCUT2D eigenvalue weighted by atomic mass is 79.9. The summed E-state index contributed by atoms with van der Waals surface area (Å²) >= 11 is 6.86. The molecule has 4 rings (SSSR count). The minimum absolute atomic E-state index is 0.210. The number of fused-ring (bicyclic) bond motifs is 1. The Hall–Kier alpha value is -2.44. The van der Waals surface area contributed by atoms with E-state index in [0.717, 1.165) is 27.6 Å². The van der Waals surface area contributed by atoms with Crippen LogP contribution in [0.2, 0.25) is 0 Å². The number of halogens is 2. The number of amides is 1. The van der Waals surface area contributed by atoms with Crippen molar-refractivity contribution in [3.8, 4) is 0 Å². The summed E-state index contributed by atoms with van der Waals surface area (Å²) in [6.45, 7) is 1.64. The first-order chi connectivity index (χ1) is 13.6. The molecular weight excluding hydrogens is 482 g/mol. The molecule has 0 atom stereocenters. The van der Waals surface area contributed by atoms with E-state index in [1.807, 2.05) is 54.6 Å². The lowest BCUT2D eigenvalue weighted by Crippen LogP contribution is -2.17. The Labute approximate surface area is 180 Å². The Kier molecular flexibility index (Phi) is 5.59. The van der Waals surface area contributed by atoms with Gasteiger partial charge in [-0.3, -0.25) is 4.79 Å². The molecule has 4 nitrogen and oxygen atoms in total. The molecule has 3 aromatic carbocycles. The fourth-order valence-corrected chi connectivity index (χ4v) is 3.68. The molecule has 3 aromatic rings. The van der Waals surface area contributed by atoms with Gasteiger partial charge in [0.05, 0.1) is 6.21 Å². The fraction of sp³-hybridized carbons (Fsp3) is 0.0909. The molecule has 0 aromatic heterocycles. The molecular formula is C22H17Br2N3O. The average Bonchev–Trinajstić information content (AvgIpc) is 3.13. The van der Waals surface area contributed by atoms with Crippen molar-refractivity contribution in [2.24, 2.45) is 5.10 Å². The summed E-state index contributed by atoms with van der Waals surface area (Å²) in [6, 6.07) is 21.8. The quantitative estimate of drug-likeness (QED) is 0.381. The van der Waals surface area contributed by atoms with Crippen molar-refractivity contribution in [2.75, 3.05) is 4.90 Å². The Morgan fingerprint density at radius 3 is 2.25 bits per heavy atom. The maximum atomic E-state index is 12.4. The molecule has 0 saturated heterocycles. The van der Waals surface area contributed by atoms with Crippen molar-refractivity contribution in [3.05, 3.63) is 97.9 Å². The summed E-state index contributed by atoms with van der Waals surface area (Å²) in [4.78, 5) is 14.7. The lowest BCUT2D eigenvalue weighted by atomic mass is 10.1. The SMILES string of the molecule is O=C(N/N=C/c1ccc(Br)cc1)c1ccc2c(c1)CN(c1ccc(Br)cc1)C2. The van der Waals surface area contributed by atoms with E-state index in [2.05, 4.69) is 59.4 Å². The summed E-state index contributed by atoms with van der Waals surface area (Å²) in [5, 5.41) is 4.06. The minimum Gasteiger partial charge on any atom is -0.363 e. The largest absolute Gasteiger partial charge is 0.363 e. The normalized spacial score (nSPS) is 13.0. The standard InChI is InChI=1S/C22H17Br2N3O/c23-19-5-1-15(2-6-19)12-25-26-22(28)16-3-4-17-13-27(14-18(17)11-16)21-9-7-20(24)8-10-21/h1-12H,13-14H2,(H,26,28)/b25-12+. The van der Waals surface area contributed by atoms with Crippen LogP contribution in [0.15, 0.2) is 80.8 Å². The molecule has 0 saturated carbocycles. The van der Waals surface area contributed by atoms with Crippen LogP contribution in [0.3, 0.4) is 0 Å². The summed E-state index contributed by atoms with van der Waals surface area (Å²) < 4.78 is 2.07. The van der Waals surface area contributed by atoms with Gasteiger partial charge in [0.2, 0.25) is 0 Å². The predicted molar refractivity (Wildman–Crippen MR) is 120 cm³/mol. The fourth-order valence-electron chi connectivity index (χ4n) is 3.15. The second-order valence-corrected chi connectivity index (χ2v) is 8.40. The first kappa shape index (κ1) is 18.9. The number of anilines is 1. The van der Waals surface area contributed by atoms with Crippen LogP contribution in [0.4, 0.5) is 5.69 Å². The molecule has 0 spiro atoms. The Balaban J connectivity index is 1.42. The van der Waals surface area contributed by atoms with Gasteiger partial charge in [-0.05, 0) is 65.2 Å². The Morgan fingerprint density at radius 2 is 1.54 bits per heavy atom. The zero-order chi connectivity index (χ0) is 19.5. The van der Waals surface area contributed by atoms with E-state index in [-0.39, 0.29) is 5.91 Å². The van der Waals surface area contributed by atoms with E-state index in [1.165, 1.54) is 16.8 Å². The van der Waals surface area contributed by atoms with Crippen LogP contribution < -0.4 is 10.3 Å². The van der Waals surface area contributed by atoms with Gasteiger partial charge < -0.3 is 4.90 Å². The van der Waals surface area contributed by atoms with E-state index >= 15 is 0 Å². The monoisotopic (exact) mass is 497 g/mol. The molecule has 0 radical (unpaired) electrons. The maximum Gasteiger partial charge on any atom is 0.271 e. The number of nitrogens with one attached hydrogen (secondary N) is 1. The van der Waals surface area contributed by atoms with Crippen LogP contribution >= 0.6 is 31.9 Å². The van der Waals surface area contributed by atoms with Crippen LogP contribution in [0.1, 0.15) is 27.0 Å². The number of rotatable bonds is 4. The van der Waals surface area contributed by atoms with E-state index in [0.29, 0.717) is 5.56 Å². The Morgan fingerprint density at radius 1 is 0.893 bits per heavy atom. The van der Waals surface area contributed by atoms with Crippen molar-refractivity contribution < 1.29 is 4.79 Å². The highest BCUT2D eigenvalue weighted by molar-refractivity contribution is 9.10. The topological polar surface area (TPSA) is 44.7 Å². The van der Waals surface area contributed by atoms with Crippen LogP contribution in [-0.4, -0.2) is 12.1 Å². The number of nitrogens with zero attached hydrogens (tertiary/aromatic N) is 2. The minimum atomic E-state index is -0.210. The number of carbonyl (C=O) groups is 1. The molecule has 28 heavy (non-hydrogen) atoms. The number of hydrogen-bond acceptors (Lipinski definition) is 3. The number of hydrazone groups is 1. The van der Waals surface area contributed by atoms with Crippen LogP contribution in [0, 0.1) is 0 Å². The van der Waals surface area contributed by atoms with Gasteiger partial charge in [0, 0.05) is 33.3 Å². The van der Waals surface area contributed by atoms with Crippen LogP contribution in [0.5, 0.6) is 0 Å². The summed E-state index contributed by atoms with van der Waals surface area (Å²) in [7, 11) is 0. The van der Waals surface area contributed by atoms with Crippen LogP contribution in [-0.2, 0) is 13.1 Å². The molecule has 0 bridgehead atoms. The average molecular weight is 499 g/mol. The van der Waals surface area contributed by atoms with Crippen LogP contribution in [0.25, 0.3) is 0 Å².